The lowest BCUT2D eigenvalue weighted by atomic mass is 10.00. The number of nitrogens with one attached hydrogen (secondary N) is 2. The number of hydrogen-bond acceptors (Lipinski definition) is 6. The molecule has 1 unspecified atom stereocenters. The van der Waals surface area contributed by atoms with Gasteiger partial charge < -0.3 is 15.0 Å². The van der Waals surface area contributed by atoms with Crippen LogP contribution in [0.3, 0.4) is 0 Å². The van der Waals surface area contributed by atoms with E-state index in [2.05, 4.69) is 10.7 Å². The Hall–Kier alpha value is -3.10. The number of ether oxygens (including phenoxy) is 1. The standard InChI is InChI=1S/C19H26N4O5/c1-5-19(4)17(26)23(18(27)20-19)21-15(24)12-22(6-2)14-10-8-9-13(11-14)16(25)28-7-3/h8-11H,5-7,12H2,1-4H3,(H,20,27)(H,21,24). The molecule has 1 heterocycles. The monoisotopic (exact) mass is 390 g/mol. The maximum absolute atomic E-state index is 12.4. The van der Waals surface area contributed by atoms with Gasteiger partial charge in [-0.15, -0.1) is 0 Å². The maximum Gasteiger partial charge on any atom is 0.344 e. The van der Waals surface area contributed by atoms with E-state index in [1.807, 2.05) is 6.92 Å². The SMILES string of the molecule is CCOC(=O)c1cccc(N(CC)CC(=O)NN2C(=O)NC(C)(CC)C2=O)c1. The van der Waals surface area contributed by atoms with E-state index in [1.165, 1.54) is 0 Å². The summed E-state index contributed by atoms with van der Waals surface area (Å²) in [6.45, 7) is 7.62. The molecule has 0 spiro atoms. The molecule has 1 atom stereocenters. The molecular weight excluding hydrogens is 364 g/mol. The predicted octanol–water partition coefficient (Wildman–Crippen LogP) is 1.44. The second kappa shape index (κ2) is 8.73. The molecule has 2 N–H and O–H groups in total. The van der Waals surface area contributed by atoms with Crippen LogP contribution in [0.15, 0.2) is 24.3 Å². The van der Waals surface area contributed by atoms with Crippen molar-refractivity contribution in [3.05, 3.63) is 29.8 Å². The molecule has 4 amide bonds. The molecule has 1 aliphatic heterocycles. The Labute approximate surface area is 164 Å². The molecule has 1 aromatic rings. The Morgan fingerprint density at radius 1 is 1.25 bits per heavy atom. The average molecular weight is 390 g/mol. The van der Waals surface area contributed by atoms with Gasteiger partial charge in [0.1, 0.15) is 5.54 Å². The van der Waals surface area contributed by atoms with Crippen molar-refractivity contribution in [2.75, 3.05) is 24.6 Å². The van der Waals surface area contributed by atoms with Crippen LogP contribution < -0.4 is 15.6 Å². The minimum absolute atomic E-state index is 0.0946. The number of nitrogens with zero attached hydrogens (tertiary/aromatic N) is 2. The van der Waals surface area contributed by atoms with Crippen LogP contribution >= 0.6 is 0 Å². The molecule has 0 bridgehead atoms. The van der Waals surface area contributed by atoms with Crippen LogP contribution in [-0.2, 0) is 14.3 Å². The number of anilines is 1. The molecule has 1 aliphatic rings. The third-order valence-electron chi connectivity index (χ3n) is 4.64. The van der Waals surface area contributed by atoms with Crippen molar-refractivity contribution >= 4 is 29.5 Å². The van der Waals surface area contributed by atoms with E-state index in [-0.39, 0.29) is 13.2 Å². The number of carbonyl (C=O) groups is 4. The van der Waals surface area contributed by atoms with Crippen LogP contribution in [-0.4, -0.2) is 54.1 Å². The highest BCUT2D eigenvalue weighted by Crippen LogP contribution is 2.20. The number of likely N-dealkylation sites (N-methyl/N-ethyl adjacent to an activating group) is 1. The fourth-order valence-electron chi connectivity index (χ4n) is 2.79. The first kappa shape index (κ1) is 21.2. The molecule has 0 saturated carbocycles. The van der Waals surface area contributed by atoms with Crippen LogP contribution in [0.4, 0.5) is 10.5 Å². The Balaban J connectivity index is 2.08. The Morgan fingerprint density at radius 3 is 2.54 bits per heavy atom. The molecule has 9 nitrogen and oxygen atoms in total. The number of imide groups is 1. The number of benzene rings is 1. The normalized spacial score (nSPS) is 18.6. The number of esters is 1. The van der Waals surface area contributed by atoms with E-state index in [0.29, 0.717) is 29.2 Å². The van der Waals surface area contributed by atoms with Gasteiger partial charge in [-0.1, -0.05) is 13.0 Å². The summed E-state index contributed by atoms with van der Waals surface area (Å²) in [6, 6.07) is 6.08. The highest BCUT2D eigenvalue weighted by molar-refractivity contribution is 6.07. The zero-order valence-electron chi connectivity index (χ0n) is 16.6. The van der Waals surface area contributed by atoms with Crippen LogP contribution in [0.25, 0.3) is 0 Å². The van der Waals surface area contributed by atoms with Crippen LogP contribution in [0.5, 0.6) is 0 Å². The van der Waals surface area contributed by atoms with E-state index >= 15 is 0 Å². The quantitative estimate of drug-likeness (QED) is 0.514. The average Bonchev–Trinajstić information content (AvgIpc) is 2.90. The van der Waals surface area contributed by atoms with Gasteiger partial charge in [-0.05, 0) is 45.4 Å². The Bertz CT molecular complexity index is 781. The summed E-state index contributed by atoms with van der Waals surface area (Å²) >= 11 is 0. The van der Waals surface area contributed by atoms with Crippen molar-refractivity contribution in [3.63, 3.8) is 0 Å². The van der Waals surface area contributed by atoms with Gasteiger partial charge in [0.05, 0.1) is 18.7 Å². The molecule has 1 saturated heterocycles. The van der Waals surface area contributed by atoms with Gasteiger partial charge >= 0.3 is 12.0 Å². The molecule has 0 aromatic heterocycles. The number of carbonyl (C=O) groups excluding carboxylic acids is 4. The molecule has 0 aliphatic carbocycles. The fourth-order valence-corrected chi connectivity index (χ4v) is 2.79. The number of amides is 4. The van der Waals surface area contributed by atoms with E-state index in [9.17, 15) is 19.2 Å². The number of urea groups is 1. The van der Waals surface area contributed by atoms with Crippen molar-refractivity contribution in [1.29, 1.82) is 0 Å². The summed E-state index contributed by atoms with van der Waals surface area (Å²) < 4.78 is 4.99. The lowest BCUT2D eigenvalue weighted by molar-refractivity contribution is -0.138. The first-order valence-corrected chi connectivity index (χ1v) is 9.24. The first-order valence-electron chi connectivity index (χ1n) is 9.24. The van der Waals surface area contributed by atoms with E-state index < -0.39 is 29.4 Å². The summed E-state index contributed by atoms with van der Waals surface area (Å²) in [6.07, 6.45) is 0.408. The third-order valence-corrected chi connectivity index (χ3v) is 4.64. The lowest BCUT2D eigenvalue weighted by Gasteiger charge is -2.24. The number of hydrazine groups is 1. The van der Waals surface area contributed by atoms with E-state index in [4.69, 9.17) is 4.74 Å². The van der Waals surface area contributed by atoms with Crippen molar-refractivity contribution in [3.8, 4) is 0 Å². The van der Waals surface area contributed by atoms with Crippen LogP contribution in [0.1, 0.15) is 44.5 Å². The Kier molecular flexibility index (Phi) is 6.61. The largest absolute Gasteiger partial charge is 0.462 e. The molecule has 0 radical (unpaired) electrons. The van der Waals surface area contributed by atoms with E-state index in [0.717, 1.165) is 0 Å². The molecule has 28 heavy (non-hydrogen) atoms. The van der Waals surface area contributed by atoms with E-state index in [1.54, 1.807) is 49.9 Å². The minimum Gasteiger partial charge on any atom is -0.462 e. The lowest BCUT2D eigenvalue weighted by Crippen LogP contribution is -2.51. The Morgan fingerprint density at radius 2 is 1.96 bits per heavy atom. The van der Waals surface area contributed by atoms with Crippen LogP contribution in [0, 0.1) is 0 Å². The maximum atomic E-state index is 12.4. The highest BCUT2D eigenvalue weighted by atomic mass is 16.5. The van der Waals surface area contributed by atoms with Gasteiger partial charge in [0, 0.05) is 12.2 Å². The van der Waals surface area contributed by atoms with Gasteiger partial charge in [-0.25, -0.2) is 9.59 Å². The van der Waals surface area contributed by atoms with Crippen LogP contribution in [0.2, 0.25) is 0 Å². The summed E-state index contributed by atoms with van der Waals surface area (Å²) in [5.74, 6) is -1.46. The van der Waals surface area contributed by atoms with Gasteiger partial charge in [0.15, 0.2) is 0 Å². The molecule has 1 fully saturated rings. The van der Waals surface area contributed by atoms with Gasteiger partial charge in [0.2, 0.25) is 0 Å². The van der Waals surface area contributed by atoms with Crippen molar-refractivity contribution in [2.45, 2.75) is 39.7 Å². The second-order valence-corrected chi connectivity index (χ2v) is 6.58. The zero-order chi connectivity index (χ0) is 20.9. The summed E-state index contributed by atoms with van der Waals surface area (Å²) in [5.41, 5.74) is 2.37. The van der Waals surface area contributed by atoms with Crippen molar-refractivity contribution < 1.29 is 23.9 Å². The van der Waals surface area contributed by atoms with Gasteiger partial charge in [0.25, 0.3) is 11.8 Å². The summed E-state index contributed by atoms with van der Waals surface area (Å²) in [4.78, 5) is 50.5. The van der Waals surface area contributed by atoms with Gasteiger partial charge in [-0.2, -0.15) is 5.01 Å². The summed E-state index contributed by atoms with van der Waals surface area (Å²) in [7, 11) is 0. The summed E-state index contributed by atoms with van der Waals surface area (Å²) in [5, 5.41) is 3.29. The molecule has 9 heteroatoms. The smallest absolute Gasteiger partial charge is 0.344 e. The molecular formula is C19H26N4O5. The third kappa shape index (κ3) is 4.41. The number of rotatable bonds is 8. The minimum atomic E-state index is -1.03. The zero-order valence-corrected chi connectivity index (χ0v) is 16.6. The first-order chi connectivity index (χ1) is 13.3. The molecule has 152 valence electrons. The molecule has 1 aromatic carbocycles. The number of hydrogen-bond donors (Lipinski definition) is 2. The van der Waals surface area contributed by atoms with Crippen molar-refractivity contribution in [2.24, 2.45) is 0 Å². The fraction of sp³-hybridized carbons (Fsp3) is 0.474. The highest BCUT2D eigenvalue weighted by Gasteiger charge is 2.47. The second-order valence-electron chi connectivity index (χ2n) is 6.58. The van der Waals surface area contributed by atoms with Gasteiger partial charge in [-0.3, -0.25) is 15.0 Å². The molecule has 2 rings (SSSR count). The van der Waals surface area contributed by atoms with Crippen molar-refractivity contribution in [1.82, 2.24) is 15.8 Å². The predicted molar refractivity (Wildman–Crippen MR) is 103 cm³/mol. The topological polar surface area (TPSA) is 108 Å².